The Kier molecular flexibility index (Phi) is 3.09. The first kappa shape index (κ1) is 12.0. The van der Waals surface area contributed by atoms with Crippen LogP contribution in [0.15, 0.2) is 18.3 Å². The maximum absolute atomic E-state index is 11.1. The van der Waals surface area contributed by atoms with E-state index >= 15 is 0 Å². The molecule has 1 aromatic carbocycles. The summed E-state index contributed by atoms with van der Waals surface area (Å²) in [6, 6.07) is 3.49. The predicted molar refractivity (Wildman–Crippen MR) is 67.5 cm³/mol. The van der Waals surface area contributed by atoms with Crippen LogP contribution in [0.2, 0.25) is 5.02 Å². The van der Waals surface area contributed by atoms with Gasteiger partial charge in [-0.1, -0.05) is 11.6 Å². The summed E-state index contributed by atoms with van der Waals surface area (Å²) in [6.45, 7) is 2.00. The molecule has 0 saturated carbocycles. The number of nitrogens with one attached hydrogen (secondary N) is 1. The molecule has 0 aliphatic carbocycles. The molecule has 1 heterocycles. The van der Waals surface area contributed by atoms with E-state index in [1.807, 2.05) is 19.2 Å². The number of benzene rings is 1. The number of aromatic nitrogens is 1. The number of halogens is 1. The van der Waals surface area contributed by atoms with Crippen LogP contribution in [0.5, 0.6) is 0 Å². The van der Waals surface area contributed by atoms with E-state index in [0.29, 0.717) is 10.6 Å². The molecule has 90 valence electrons. The van der Waals surface area contributed by atoms with E-state index in [2.05, 4.69) is 4.98 Å². The van der Waals surface area contributed by atoms with Crippen LogP contribution in [-0.2, 0) is 4.79 Å². The molecule has 0 bridgehead atoms. The molecule has 2 rings (SSSR count). The van der Waals surface area contributed by atoms with Crippen LogP contribution >= 0.6 is 11.6 Å². The second kappa shape index (κ2) is 4.39. The molecule has 0 fully saturated rings. The van der Waals surface area contributed by atoms with Crippen LogP contribution in [0.4, 0.5) is 0 Å². The number of aliphatic carboxylic acids is 1. The Bertz CT molecular complexity index is 577. The number of carboxylic acid groups (broad SMARTS) is 1. The Morgan fingerprint density at radius 3 is 2.88 bits per heavy atom. The molecule has 0 amide bonds. The van der Waals surface area contributed by atoms with E-state index in [1.54, 1.807) is 6.07 Å². The number of fused-ring (bicyclic) bond motifs is 1. The summed E-state index contributed by atoms with van der Waals surface area (Å²) < 4.78 is 0. The Hall–Kier alpha value is -1.52. The average Bonchev–Trinajstić information content (AvgIpc) is 2.62. The molecule has 0 saturated heterocycles. The highest BCUT2D eigenvalue weighted by Gasteiger charge is 2.19. The van der Waals surface area contributed by atoms with Crippen LogP contribution in [0, 0.1) is 6.92 Å². The number of hydrogen-bond acceptors (Lipinski definition) is 2. The second-order valence-corrected chi connectivity index (χ2v) is 4.43. The minimum Gasteiger partial charge on any atom is -0.481 e. The smallest absolute Gasteiger partial charge is 0.312 e. The van der Waals surface area contributed by atoms with Crippen molar-refractivity contribution in [3.63, 3.8) is 0 Å². The minimum atomic E-state index is -0.934. The lowest BCUT2D eigenvalue weighted by Gasteiger charge is -2.11. The number of carbonyl (C=O) groups is 1. The van der Waals surface area contributed by atoms with Gasteiger partial charge in [0, 0.05) is 18.1 Å². The summed E-state index contributed by atoms with van der Waals surface area (Å²) in [6.07, 6.45) is 1.85. The van der Waals surface area contributed by atoms with Gasteiger partial charge in [0.15, 0.2) is 0 Å². The van der Waals surface area contributed by atoms with Crippen LogP contribution in [0.3, 0.4) is 0 Å². The quantitative estimate of drug-likeness (QED) is 0.784. The molecule has 0 spiro atoms. The average molecular weight is 253 g/mol. The van der Waals surface area contributed by atoms with Crippen molar-refractivity contribution in [2.45, 2.75) is 12.8 Å². The van der Waals surface area contributed by atoms with Gasteiger partial charge in [-0.05, 0) is 30.2 Å². The van der Waals surface area contributed by atoms with Gasteiger partial charge in [0.2, 0.25) is 0 Å². The Labute approximate surface area is 103 Å². The molecule has 1 atom stereocenters. The Morgan fingerprint density at radius 2 is 2.29 bits per heavy atom. The van der Waals surface area contributed by atoms with Crippen molar-refractivity contribution >= 4 is 28.5 Å². The number of carboxylic acids is 1. The predicted octanol–water partition coefficient (Wildman–Crippen LogP) is 2.26. The van der Waals surface area contributed by atoms with E-state index in [9.17, 15) is 4.79 Å². The molecule has 5 heteroatoms. The van der Waals surface area contributed by atoms with Crippen molar-refractivity contribution in [2.24, 2.45) is 5.73 Å². The van der Waals surface area contributed by atoms with Crippen molar-refractivity contribution in [3.05, 3.63) is 34.5 Å². The van der Waals surface area contributed by atoms with E-state index in [0.717, 1.165) is 16.5 Å². The fourth-order valence-electron chi connectivity index (χ4n) is 1.92. The molecule has 4 N–H and O–H groups in total. The maximum Gasteiger partial charge on any atom is 0.312 e. The monoisotopic (exact) mass is 252 g/mol. The summed E-state index contributed by atoms with van der Waals surface area (Å²) in [7, 11) is 0. The van der Waals surface area contributed by atoms with E-state index < -0.39 is 11.9 Å². The summed E-state index contributed by atoms with van der Waals surface area (Å²) in [5.74, 6) is -1.65. The second-order valence-electron chi connectivity index (χ2n) is 4.02. The van der Waals surface area contributed by atoms with E-state index in [1.165, 1.54) is 0 Å². The highest BCUT2D eigenvalue weighted by molar-refractivity contribution is 6.35. The molecule has 1 unspecified atom stereocenters. The van der Waals surface area contributed by atoms with Gasteiger partial charge < -0.3 is 15.8 Å². The molecular weight excluding hydrogens is 240 g/mol. The summed E-state index contributed by atoms with van der Waals surface area (Å²) in [5.41, 5.74) is 7.98. The van der Waals surface area contributed by atoms with Gasteiger partial charge >= 0.3 is 5.97 Å². The zero-order valence-electron chi connectivity index (χ0n) is 9.33. The van der Waals surface area contributed by atoms with Gasteiger partial charge in [0.1, 0.15) is 0 Å². The van der Waals surface area contributed by atoms with Crippen LogP contribution in [0.25, 0.3) is 10.9 Å². The molecule has 2 aromatic rings. The van der Waals surface area contributed by atoms with Crippen LogP contribution < -0.4 is 5.73 Å². The number of nitrogens with two attached hydrogens (primary N) is 1. The first-order valence-electron chi connectivity index (χ1n) is 5.24. The van der Waals surface area contributed by atoms with Crippen LogP contribution in [-0.4, -0.2) is 22.6 Å². The lowest BCUT2D eigenvalue weighted by Crippen LogP contribution is -2.21. The Balaban J connectivity index is 2.62. The highest BCUT2D eigenvalue weighted by atomic mass is 35.5. The number of aryl methyl sites for hydroxylation is 1. The third kappa shape index (κ3) is 2.01. The van der Waals surface area contributed by atoms with Crippen molar-refractivity contribution in [2.75, 3.05) is 6.54 Å². The van der Waals surface area contributed by atoms with E-state index in [-0.39, 0.29) is 6.54 Å². The minimum absolute atomic E-state index is 0.0562. The van der Waals surface area contributed by atoms with Crippen molar-refractivity contribution in [1.29, 1.82) is 0 Å². The number of H-pyrrole nitrogens is 1. The standard InChI is InChI=1S/C12H13ClN2O2/c1-6-5-15-11-8(6)2-7(3-10(11)13)9(4-14)12(16)17/h2-3,5,9,15H,4,14H2,1H3,(H,16,17). The van der Waals surface area contributed by atoms with Gasteiger partial charge in [-0.2, -0.15) is 0 Å². The van der Waals surface area contributed by atoms with Gasteiger partial charge in [-0.3, -0.25) is 4.79 Å². The van der Waals surface area contributed by atoms with Crippen molar-refractivity contribution < 1.29 is 9.90 Å². The van der Waals surface area contributed by atoms with E-state index in [4.69, 9.17) is 22.4 Å². The fourth-order valence-corrected chi connectivity index (χ4v) is 2.21. The zero-order chi connectivity index (χ0) is 12.6. The SMILES string of the molecule is Cc1c[nH]c2c(Cl)cc(C(CN)C(=O)O)cc12. The third-order valence-electron chi connectivity index (χ3n) is 2.91. The molecule has 17 heavy (non-hydrogen) atoms. The number of aromatic amines is 1. The molecule has 0 radical (unpaired) electrons. The topological polar surface area (TPSA) is 79.1 Å². The van der Waals surface area contributed by atoms with Crippen molar-refractivity contribution in [3.8, 4) is 0 Å². The number of rotatable bonds is 3. The molecule has 0 aliphatic rings. The molecule has 0 aliphatic heterocycles. The highest BCUT2D eigenvalue weighted by Crippen LogP contribution is 2.30. The molecule has 1 aromatic heterocycles. The number of hydrogen-bond donors (Lipinski definition) is 3. The Morgan fingerprint density at radius 1 is 1.59 bits per heavy atom. The first-order chi connectivity index (χ1) is 8.04. The largest absolute Gasteiger partial charge is 0.481 e. The summed E-state index contributed by atoms with van der Waals surface area (Å²) >= 11 is 6.12. The molecule has 4 nitrogen and oxygen atoms in total. The normalized spacial score (nSPS) is 12.9. The fraction of sp³-hybridized carbons (Fsp3) is 0.250. The zero-order valence-corrected chi connectivity index (χ0v) is 10.1. The van der Waals surface area contributed by atoms with Gasteiger partial charge in [0.05, 0.1) is 16.5 Å². The first-order valence-corrected chi connectivity index (χ1v) is 5.62. The maximum atomic E-state index is 11.1. The lowest BCUT2D eigenvalue weighted by molar-refractivity contribution is -0.138. The van der Waals surface area contributed by atoms with Gasteiger partial charge in [-0.15, -0.1) is 0 Å². The van der Waals surface area contributed by atoms with Gasteiger partial charge in [0.25, 0.3) is 0 Å². The third-order valence-corrected chi connectivity index (χ3v) is 3.20. The van der Waals surface area contributed by atoms with Crippen LogP contribution in [0.1, 0.15) is 17.0 Å². The summed E-state index contributed by atoms with van der Waals surface area (Å²) in [5, 5.41) is 10.5. The summed E-state index contributed by atoms with van der Waals surface area (Å²) in [4.78, 5) is 14.1. The van der Waals surface area contributed by atoms with Crippen molar-refractivity contribution in [1.82, 2.24) is 4.98 Å². The molecular formula is C12H13ClN2O2. The van der Waals surface area contributed by atoms with Gasteiger partial charge in [-0.25, -0.2) is 0 Å². The lowest BCUT2D eigenvalue weighted by atomic mass is 9.97.